The van der Waals surface area contributed by atoms with E-state index >= 15 is 0 Å². The van der Waals surface area contributed by atoms with Crippen LogP contribution in [-0.2, 0) is 6.18 Å². The van der Waals surface area contributed by atoms with Gasteiger partial charge in [0, 0.05) is 12.1 Å². The second kappa shape index (κ2) is 4.85. The summed E-state index contributed by atoms with van der Waals surface area (Å²) >= 11 is 0. The van der Waals surface area contributed by atoms with Gasteiger partial charge in [0.25, 0.3) is 0 Å². The van der Waals surface area contributed by atoms with Crippen molar-refractivity contribution in [1.29, 1.82) is 0 Å². The molecule has 2 heterocycles. The predicted molar refractivity (Wildman–Crippen MR) is 60.0 cm³/mol. The van der Waals surface area contributed by atoms with Crippen LogP contribution in [0.4, 0.5) is 19.0 Å². The first kappa shape index (κ1) is 14.4. The quantitative estimate of drug-likeness (QED) is 0.684. The SMILES string of the molecule is O=C(O)c1cc(C(F)(F)F)n(-c2ccc([N+](=O)[O-])nc2)n1. The van der Waals surface area contributed by atoms with E-state index in [-0.39, 0.29) is 5.69 Å². The molecule has 0 spiro atoms. The van der Waals surface area contributed by atoms with Gasteiger partial charge in [-0.3, -0.25) is 0 Å². The average molecular weight is 302 g/mol. The Morgan fingerprint density at radius 3 is 2.48 bits per heavy atom. The largest absolute Gasteiger partial charge is 0.476 e. The summed E-state index contributed by atoms with van der Waals surface area (Å²) in [5, 5.41) is 22.4. The van der Waals surface area contributed by atoms with Crippen LogP contribution in [0.5, 0.6) is 0 Å². The van der Waals surface area contributed by atoms with Crippen molar-refractivity contribution in [3.05, 3.63) is 45.9 Å². The molecule has 0 aliphatic heterocycles. The molecule has 0 aliphatic carbocycles. The second-order valence-corrected chi connectivity index (χ2v) is 3.76. The number of alkyl halides is 3. The summed E-state index contributed by atoms with van der Waals surface area (Å²) < 4.78 is 38.8. The number of pyridine rings is 1. The number of rotatable bonds is 3. The number of aromatic nitrogens is 3. The molecular weight excluding hydrogens is 297 g/mol. The first-order valence-electron chi connectivity index (χ1n) is 5.21. The van der Waals surface area contributed by atoms with Crippen LogP contribution >= 0.6 is 0 Å². The molecule has 8 nitrogen and oxygen atoms in total. The molecule has 2 aromatic heterocycles. The van der Waals surface area contributed by atoms with Crippen molar-refractivity contribution < 1.29 is 28.0 Å². The second-order valence-electron chi connectivity index (χ2n) is 3.76. The number of hydrogen-bond acceptors (Lipinski definition) is 5. The van der Waals surface area contributed by atoms with E-state index in [9.17, 15) is 28.1 Å². The van der Waals surface area contributed by atoms with Crippen LogP contribution < -0.4 is 0 Å². The molecule has 0 aromatic carbocycles. The van der Waals surface area contributed by atoms with Crippen molar-refractivity contribution in [2.45, 2.75) is 6.18 Å². The summed E-state index contributed by atoms with van der Waals surface area (Å²) in [5.74, 6) is -2.19. The molecule has 0 atom stereocenters. The van der Waals surface area contributed by atoms with Crippen molar-refractivity contribution in [2.24, 2.45) is 0 Å². The van der Waals surface area contributed by atoms with Crippen molar-refractivity contribution in [3.63, 3.8) is 0 Å². The molecule has 0 bridgehead atoms. The van der Waals surface area contributed by atoms with Crippen molar-refractivity contribution >= 4 is 11.8 Å². The monoisotopic (exact) mass is 302 g/mol. The average Bonchev–Trinajstić information content (AvgIpc) is 2.84. The lowest BCUT2D eigenvalue weighted by Crippen LogP contribution is -2.13. The predicted octanol–water partition coefficient (Wildman–Crippen LogP) is 1.89. The minimum Gasteiger partial charge on any atom is -0.476 e. The Kier molecular flexibility index (Phi) is 3.33. The highest BCUT2D eigenvalue weighted by Gasteiger charge is 2.37. The van der Waals surface area contributed by atoms with E-state index in [1.165, 1.54) is 0 Å². The van der Waals surface area contributed by atoms with Crippen molar-refractivity contribution in [3.8, 4) is 5.69 Å². The fraction of sp³-hybridized carbons (Fsp3) is 0.100. The van der Waals surface area contributed by atoms with Crippen LogP contribution in [0.15, 0.2) is 24.4 Å². The Morgan fingerprint density at radius 1 is 1.38 bits per heavy atom. The van der Waals surface area contributed by atoms with E-state index < -0.39 is 34.3 Å². The zero-order valence-corrected chi connectivity index (χ0v) is 9.90. The third kappa shape index (κ3) is 2.80. The molecule has 11 heteroatoms. The van der Waals surface area contributed by atoms with Gasteiger partial charge in [0.05, 0.1) is 0 Å². The molecule has 0 aliphatic rings. The summed E-state index contributed by atoms with van der Waals surface area (Å²) in [5.41, 5.74) is -2.38. The van der Waals surface area contributed by atoms with Gasteiger partial charge in [0.15, 0.2) is 11.9 Å². The van der Waals surface area contributed by atoms with E-state index in [0.717, 1.165) is 18.3 Å². The first-order valence-corrected chi connectivity index (χ1v) is 5.21. The fourth-order valence-corrected chi connectivity index (χ4v) is 1.50. The van der Waals surface area contributed by atoms with E-state index in [0.29, 0.717) is 10.7 Å². The van der Waals surface area contributed by atoms with Gasteiger partial charge >= 0.3 is 18.0 Å². The number of carboxylic acid groups (broad SMARTS) is 1. The zero-order valence-electron chi connectivity index (χ0n) is 9.90. The lowest BCUT2D eigenvalue weighted by atomic mass is 10.3. The summed E-state index contributed by atoms with van der Waals surface area (Å²) in [6.45, 7) is 0. The zero-order chi connectivity index (χ0) is 15.8. The maximum absolute atomic E-state index is 12.8. The normalized spacial score (nSPS) is 11.4. The molecule has 2 aromatic rings. The minimum atomic E-state index is -4.84. The molecule has 0 amide bonds. The van der Waals surface area contributed by atoms with Crippen molar-refractivity contribution in [1.82, 2.24) is 14.8 Å². The van der Waals surface area contributed by atoms with Crippen LogP contribution in [0.3, 0.4) is 0 Å². The molecule has 0 fully saturated rings. The van der Waals surface area contributed by atoms with Gasteiger partial charge < -0.3 is 15.2 Å². The van der Waals surface area contributed by atoms with E-state index in [1.54, 1.807) is 0 Å². The highest BCUT2D eigenvalue weighted by Crippen LogP contribution is 2.31. The van der Waals surface area contributed by atoms with Gasteiger partial charge in [-0.15, -0.1) is 0 Å². The Balaban J connectivity index is 2.56. The Labute approximate surface area is 113 Å². The Bertz CT molecular complexity index is 708. The number of hydrogen-bond donors (Lipinski definition) is 1. The van der Waals surface area contributed by atoms with E-state index in [1.807, 2.05) is 0 Å². The Morgan fingerprint density at radius 2 is 2.05 bits per heavy atom. The molecule has 0 saturated carbocycles. The maximum Gasteiger partial charge on any atom is 0.433 e. The molecule has 21 heavy (non-hydrogen) atoms. The summed E-state index contributed by atoms with van der Waals surface area (Å²) in [7, 11) is 0. The lowest BCUT2D eigenvalue weighted by molar-refractivity contribution is -0.389. The molecule has 0 saturated heterocycles. The smallest absolute Gasteiger partial charge is 0.433 e. The van der Waals surface area contributed by atoms with Gasteiger partial charge in [0.1, 0.15) is 11.4 Å². The van der Waals surface area contributed by atoms with Crippen LogP contribution in [0.1, 0.15) is 16.2 Å². The highest BCUT2D eigenvalue weighted by atomic mass is 19.4. The standard InChI is InChI=1S/C10H5F3N4O4/c11-10(12,13)7-3-6(9(18)19)15-16(7)5-1-2-8(14-4-5)17(20)21/h1-4H,(H,18,19). The summed E-state index contributed by atoms with van der Waals surface area (Å²) in [4.78, 5) is 23.7. The van der Waals surface area contributed by atoms with Gasteiger partial charge in [-0.05, 0) is 16.0 Å². The molecule has 0 radical (unpaired) electrons. The van der Waals surface area contributed by atoms with Gasteiger partial charge in [0.2, 0.25) is 0 Å². The number of nitro groups is 1. The van der Waals surface area contributed by atoms with Crippen LogP contribution in [0.2, 0.25) is 0 Å². The van der Waals surface area contributed by atoms with Crippen LogP contribution in [0.25, 0.3) is 5.69 Å². The third-order valence-electron chi connectivity index (χ3n) is 2.38. The molecule has 110 valence electrons. The number of halogens is 3. The van der Waals surface area contributed by atoms with E-state index in [4.69, 9.17) is 5.11 Å². The minimum absolute atomic E-state index is 0.250. The number of nitrogens with zero attached hydrogens (tertiary/aromatic N) is 4. The number of carboxylic acids is 1. The highest BCUT2D eigenvalue weighted by molar-refractivity contribution is 5.85. The topological polar surface area (TPSA) is 111 Å². The van der Waals surface area contributed by atoms with Gasteiger partial charge in [-0.2, -0.15) is 18.3 Å². The number of aromatic carboxylic acids is 1. The lowest BCUT2D eigenvalue weighted by Gasteiger charge is -2.08. The van der Waals surface area contributed by atoms with Crippen LogP contribution in [0, 0.1) is 10.1 Å². The maximum atomic E-state index is 12.8. The summed E-state index contributed by atoms with van der Waals surface area (Å²) in [6, 6.07) is 2.24. The van der Waals surface area contributed by atoms with Crippen LogP contribution in [-0.4, -0.2) is 30.8 Å². The first-order chi connectivity index (χ1) is 9.70. The van der Waals surface area contributed by atoms with Gasteiger partial charge in [-0.25, -0.2) is 9.48 Å². The van der Waals surface area contributed by atoms with E-state index in [2.05, 4.69) is 10.1 Å². The van der Waals surface area contributed by atoms with Crippen molar-refractivity contribution in [2.75, 3.05) is 0 Å². The fourth-order valence-electron chi connectivity index (χ4n) is 1.50. The number of carbonyl (C=O) groups is 1. The summed E-state index contributed by atoms with van der Waals surface area (Å²) in [6.07, 6.45) is -4.05. The third-order valence-corrected chi connectivity index (χ3v) is 2.38. The molecule has 1 N–H and O–H groups in total. The van der Waals surface area contributed by atoms with Gasteiger partial charge in [-0.1, -0.05) is 0 Å². The molecular formula is C10H5F3N4O4. The molecule has 0 unspecified atom stereocenters. The molecule has 2 rings (SSSR count). The Hall–Kier alpha value is -2.98.